The molecule has 0 radical (unpaired) electrons. The summed E-state index contributed by atoms with van der Waals surface area (Å²) in [4.78, 5) is 0. The first-order valence-corrected chi connectivity index (χ1v) is 5.66. The fourth-order valence-electron chi connectivity index (χ4n) is 1.78. The van der Waals surface area contributed by atoms with Gasteiger partial charge < -0.3 is 15.5 Å². The van der Waals surface area contributed by atoms with Gasteiger partial charge in [0.1, 0.15) is 11.9 Å². The molecule has 0 fully saturated rings. The van der Waals surface area contributed by atoms with Crippen LogP contribution in [0.15, 0.2) is 12.1 Å². The first-order valence-electron chi connectivity index (χ1n) is 5.66. The molecule has 108 valence electrons. The van der Waals surface area contributed by atoms with Gasteiger partial charge in [0.2, 0.25) is 0 Å². The highest BCUT2D eigenvalue weighted by Gasteiger charge is 2.38. The summed E-state index contributed by atoms with van der Waals surface area (Å²) in [5.74, 6) is -0.963. The minimum atomic E-state index is -4.44. The standard InChI is InChI=1S/C12H15F4NO2/c1-3-9(12(14,15)16)17-7-4-6(2)10(11(18)19)8(13)5-7/h4-5,9,11,17-19H,3H2,1-2H3/t9-/m1/s1. The normalized spacial score (nSPS) is 13.7. The number of anilines is 1. The van der Waals surface area contributed by atoms with E-state index >= 15 is 0 Å². The molecule has 0 heterocycles. The van der Waals surface area contributed by atoms with Gasteiger partial charge in [0.15, 0.2) is 6.29 Å². The summed E-state index contributed by atoms with van der Waals surface area (Å²) in [6.45, 7) is 2.75. The van der Waals surface area contributed by atoms with Gasteiger partial charge in [0.05, 0.1) is 0 Å². The Morgan fingerprint density at radius 3 is 2.21 bits per heavy atom. The molecule has 1 atom stereocenters. The Balaban J connectivity index is 3.04. The topological polar surface area (TPSA) is 52.5 Å². The van der Waals surface area contributed by atoms with Gasteiger partial charge in [0.25, 0.3) is 0 Å². The summed E-state index contributed by atoms with van der Waals surface area (Å²) in [5.41, 5.74) is -0.233. The van der Waals surface area contributed by atoms with Gasteiger partial charge in [0, 0.05) is 11.3 Å². The minimum Gasteiger partial charge on any atom is -0.374 e. The highest BCUT2D eigenvalue weighted by Crippen LogP contribution is 2.28. The number of aryl methyl sites for hydroxylation is 1. The summed E-state index contributed by atoms with van der Waals surface area (Å²) in [7, 11) is 0. The van der Waals surface area contributed by atoms with Crippen LogP contribution in [0.25, 0.3) is 0 Å². The van der Waals surface area contributed by atoms with Crippen LogP contribution in [0.3, 0.4) is 0 Å². The number of hydrogen-bond acceptors (Lipinski definition) is 3. The lowest BCUT2D eigenvalue weighted by molar-refractivity contribution is -0.142. The van der Waals surface area contributed by atoms with Gasteiger partial charge in [-0.15, -0.1) is 0 Å². The zero-order chi connectivity index (χ0) is 14.8. The molecule has 0 aliphatic rings. The third kappa shape index (κ3) is 3.81. The molecule has 1 aromatic carbocycles. The molecule has 3 N–H and O–H groups in total. The SMILES string of the molecule is CC[C@@H](Nc1cc(C)c(C(O)O)c(F)c1)C(F)(F)F. The van der Waals surface area contributed by atoms with Crippen molar-refractivity contribution in [1.29, 1.82) is 0 Å². The molecule has 1 rings (SSSR count). The second-order valence-electron chi connectivity index (χ2n) is 4.21. The summed E-state index contributed by atoms with van der Waals surface area (Å²) in [6, 6.07) is 0.277. The van der Waals surface area contributed by atoms with Gasteiger partial charge in [-0.05, 0) is 31.0 Å². The molecule has 0 bridgehead atoms. The molecule has 0 spiro atoms. The second kappa shape index (κ2) is 5.75. The highest BCUT2D eigenvalue weighted by molar-refractivity contribution is 5.50. The Bertz CT molecular complexity index is 423. The van der Waals surface area contributed by atoms with E-state index in [1.807, 2.05) is 0 Å². The molecular formula is C12H15F4NO2. The average molecular weight is 281 g/mol. The zero-order valence-corrected chi connectivity index (χ0v) is 10.4. The van der Waals surface area contributed by atoms with Gasteiger partial charge in [-0.2, -0.15) is 13.2 Å². The molecule has 0 unspecified atom stereocenters. The molecule has 0 saturated heterocycles. The highest BCUT2D eigenvalue weighted by atomic mass is 19.4. The van der Waals surface area contributed by atoms with Crippen LogP contribution in [-0.2, 0) is 0 Å². The van der Waals surface area contributed by atoms with Crippen LogP contribution < -0.4 is 5.32 Å². The minimum absolute atomic E-state index is 0.0522. The third-order valence-electron chi connectivity index (χ3n) is 2.74. The van der Waals surface area contributed by atoms with Crippen LogP contribution in [0.2, 0.25) is 0 Å². The molecule has 0 aliphatic heterocycles. The first-order chi connectivity index (χ1) is 8.66. The molecule has 7 heteroatoms. The maximum absolute atomic E-state index is 13.6. The Kier molecular flexibility index (Phi) is 4.75. The van der Waals surface area contributed by atoms with Crippen LogP contribution in [-0.4, -0.2) is 22.4 Å². The lowest BCUT2D eigenvalue weighted by Gasteiger charge is -2.22. The lowest BCUT2D eigenvalue weighted by Crippen LogP contribution is -2.35. The number of aliphatic hydroxyl groups excluding tert-OH is 1. The maximum atomic E-state index is 13.6. The van der Waals surface area contributed by atoms with Gasteiger partial charge in [-0.25, -0.2) is 4.39 Å². The smallest absolute Gasteiger partial charge is 0.374 e. The first kappa shape index (κ1) is 15.7. The molecule has 0 aromatic heterocycles. The summed E-state index contributed by atoms with van der Waals surface area (Å²) in [6.07, 6.45) is -6.64. The number of nitrogens with one attached hydrogen (secondary N) is 1. The molecular weight excluding hydrogens is 266 g/mol. The average Bonchev–Trinajstić information content (AvgIpc) is 2.22. The molecule has 0 aliphatic carbocycles. The van der Waals surface area contributed by atoms with Crippen LogP contribution in [0.5, 0.6) is 0 Å². The van der Waals surface area contributed by atoms with Crippen molar-refractivity contribution in [3.63, 3.8) is 0 Å². The Morgan fingerprint density at radius 1 is 1.26 bits per heavy atom. The second-order valence-corrected chi connectivity index (χ2v) is 4.21. The summed E-state index contributed by atoms with van der Waals surface area (Å²) >= 11 is 0. The number of benzene rings is 1. The predicted molar refractivity (Wildman–Crippen MR) is 62.1 cm³/mol. The van der Waals surface area contributed by atoms with Crippen molar-refractivity contribution in [3.8, 4) is 0 Å². The van der Waals surface area contributed by atoms with Crippen molar-refractivity contribution in [2.75, 3.05) is 5.32 Å². The van der Waals surface area contributed by atoms with Crippen LogP contribution in [0.4, 0.5) is 23.2 Å². The molecule has 1 aromatic rings. The van der Waals surface area contributed by atoms with Crippen molar-refractivity contribution >= 4 is 5.69 Å². The van der Waals surface area contributed by atoms with E-state index in [9.17, 15) is 17.6 Å². The van der Waals surface area contributed by atoms with E-state index in [0.29, 0.717) is 0 Å². The quantitative estimate of drug-likeness (QED) is 0.587. The summed E-state index contributed by atoms with van der Waals surface area (Å²) in [5, 5.41) is 20.1. The Morgan fingerprint density at radius 2 is 1.84 bits per heavy atom. The van der Waals surface area contributed by atoms with E-state index in [4.69, 9.17) is 10.2 Å². The lowest BCUT2D eigenvalue weighted by atomic mass is 10.1. The fourth-order valence-corrected chi connectivity index (χ4v) is 1.78. The Hall–Kier alpha value is -1.34. The van der Waals surface area contributed by atoms with Crippen molar-refractivity contribution in [3.05, 3.63) is 29.1 Å². The number of aliphatic hydroxyl groups is 2. The molecule has 0 saturated carbocycles. The van der Waals surface area contributed by atoms with Gasteiger partial charge in [-0.1, -0.05) is 6.92 Å². The Labute approximate surface area is 107 Å². The van der Waals surface area contributed by atoms with Crippen LogP contribution in [0.1, 0.15) is 30.8 Å². The van der Waals surface area contributed by atoms with E-state index < -0.39 is 24.3 Å². The number of rotatable bonds is 4. The van der Waals surface area contributed by atoms with E-state index in [0.717, 1.165) is 6.07 Å². The van der Waals surface area contributed by atoms with E-state index in [1.54, 1.807) is 0 Å². The van der Waals surface area contributed by atoms with Crippen LogP contribution in [0, 0.1) is 12.7 Å². The van der Waals surface area contributed by atoms with Crippen molar-refractivity contribution in [2.45, 2.75) is 38.8 Å². The third-order valence-corrected chi connectivity index (χ3v) is 2.74. The van der Waals surface area contributed by atoms with Gasteiger partial charge in [-0.3, -0.25) is 0 Å². The zero-order valence-electron chi connectivity index (χ0n) is 10.4. The van der Waals surface area contributed by atoms with Crippen molar-refractivity contribution in [1.82, 2.24) is 0 Å². The van der Waals surface area contributed by atoms with Gasteiger partial charge >= 0.3 is 6.18 Å². The van der Waals surface area contributed by atoms with Crippen LogP contribution >= 0.6 is 0 Å². The molecule has 3 nitrogen and oxygen atoms in total. The predicted octanol–water partition coefficient (Wildman–Crippen LogP) is 2.87. The number of alkyl halides is 3. The van der Waals surface area contributed by atoms with Crippen molar-refractivity contribution in [2.24, 2.45) is 0 Å². The fraction of sp³-hybridized carbons (Fsp3) is 0.500. The van der Waals surface area contributed by atoms with Crippen molar-refractivity contribution < 1.29 is 27.8 Å². The summed E-state index contributed by atoms with van der Waals surface area (Å²) < 4.78 is 51.3. The van der Waals surface area contributed by atoms with E-state index in [-0.39, 0.29) is 23.2 Å². The maximum Gasteiger partial charge on any atom is 0.408 e. The molecule has 19 heavy (non-hydrogen) atoms. The van der Waals surface area contributed by atoms with E-state index in [2.05, 4.69) is 5.32 Å². The molecule has 0 amide bonds. The number of hydrogen-bond donors (Lipinski definition) is 3. The monoisotopic (exact) mass is 281 g/mol. The number of halogens is 4. The van der Waals surface area contributed by atoms with E-state index in [1.165, 1.54) is 19.9 Å². The largest absolute Gasteiger partial charge is 0.408 e.